The molecule has 0 radical (unpaired) electrons. The lowest BCUT2D eigenvalue weighted by Gasteiger charge is -2.46. The van der Waals surface area contributed by atoms with E-state index in [1.54, 1.807) is 12.1 Å². The molecule has 0 saturated carbocycles. The topological polar surface area (TPSA) is 32.3 Å². The van der Waals surface area contributed by atoms with Gasteiger partial charge in [-0.25, -0.2) is 4.39 Å². The lowest BCUT2D eigenvalue weighted by Crippen LogP contribution is -2.61. The number of aliphatic hydroxyl groups excluding tert-OH is 1. The molecule has 1 aliphatic rings. The molecule has 0 aliphatic carbocycles. The SMILES string of the molecule is CC1(C)C[C@H]([C@H](O)c2cccc(F)c2)N1.Cl. The fraction of sp³-hybridized carbons (Fsp3) is 0.500. The molecule has 90 valence electrons. The fourth-order valence-electron chi connectivity index (χ4n) is 2.14. The second kappa shape index (κ2) is 4.70. The first-order valence-electron chi connectivity index (χ1n) is 5.19. The summed E-state index contributed by atoms with van der Waals surface area (Å²) in [4.78, 5) is 0. The number of aliphatic hydroxyl groups is 1. The summed E-state index contributed by atoms with van der Waals surface area (Å²) in [5.74, 6) is -0.301. The van der Waals surface area contributed by atoms with Gasteiger partial charge in [-0.15, -0.1) is 12.4 Å². The Morgan fingerprint density at radius 2 is 2.12 bits per heavy atom. The van der Waals surface area contributed by atoms with E-state index < -0.39 is 6.10 Å². The Morgan fingerprint density at radius 1 is 1.50 bits per heavy atom. The maximum absolute atomic E-state index is 12.9. The third kappa shape index (κ3) is 2.73. The van der Waals surface area contributed by atoms with Gasteiger partial charge < -0.3 is 10.4 Å². The summed E-state index contributed by atoms with van der Waals surface area (Å²) in [6.45, 7) is 4.17. The second-order valence-electron chi connectivity index (χ2n) is 4.84. The van der Waals surface area contributed by atoms with Crippen LogP contribution in [0.25, 0.3) is 0 Å². The van der Waals surface area contributed by atoms with E-state index >= 15 is 0 Å². The van der Waals surface area contributed by atoms with Crippen molar-refractivity contribution in [3.63, 3.8) is 0 Å². The third-order valence-corrected chi connectivity index (χ3v) is 2.88. The van der Waals surface area contributed by atoms with E-state index in [-0.39, 0.29) is 29.8 Å². The Hall–Kier alpha value is -0.640. The van der Waals surface area contributed by atoms with Gasteiger partial charge in [-0.3, -0.25) is 0 Å². The quantitative estimate of drug-likeness (QED) is 0.839. The van der Waals surface area contributed by atoms with E-state index in [0.717, 1.165) is 6.42 Å². The van der Waals surface area contributed by atoms with Crippen molar-refractivity contribution in [2.45, 2.75) is 38.0 Å². The van der Waals surface area contributed by atoms with E-state index in [1.165, 1.54) is 12.1 Å². The zero-order valence-electron chi connectivity index (χ0n) is 9.40. The molecule has 1 aromatic carbocycles. The van der Waals surface area contributed by atoms with Crippen molar-refractivity contribution in [1.82, 2.24) is 5.32 Å². The minimum atomic E-state index is -0.617. The first-order valence-corrected chi connectivity index (χ1v) is 5.19. The molecule has 1 aromatic rings. The summed E-state index contributed by atoms with van der Waals surface area (Å²) in [6.07, 6.45) is 0.290. The van der Waals surface area contributed by atoms with Crippen molar-refractivity contribution < 1.29 is 9.50 Å². The van der Waals surface area contributed by atoms with Crippen LogP contribution >= 0.6 is 12.4 Å². The highest BCUT2D eigenvalue weighted by Gasteiger charge is 2.39. The summed E-state index contributed by atoms with van der Waals surface area (Å²) < 4.78 is 12.9. The molecular weight excluding hydrogens is 229 g/mol. The van der Waals surface area contributed by atoms with Crippen LogP contribution in [0.2, 0.25) is 0 Å². The van der Waals surface area contributed by atoms with Gasteiger partial charge in [-0.2, -0.15) is 0 Å². The zero-order valence-corrected chi connectivity index (χ0v) is 10.2. The Morgan fingerprint density at radius 3 is 2.62 bits per heavy atom. The van der Waals surface area contributed by atoms with Crippen LogP contribution in [-0.2, 0) is 0 Å². The molecule has 2 atom stereocenters. The summed E-state index contributed by atoms with van der Waals surface area (Å²) in [5, 5.41) is 13.2. The van der Waals surface area contributed by atoms with Gasteiger partial charge in [0, 0.05) is 11.6 Å². The molecule has 2 rings (SSSR count). The fourth-order valence-corrected chi connectivity index (χ4v) is 2.14. The van der Waals surface area contributed by atoms with Crippen molar-refractivity contribution in [2.75, 3.05) is 0 Å². The van der Waals surface area contributed by atoms with Crippen LogP contribution in [0.4, 0.5) is 4.39 Å². The average molecular weight is 246 g/mol. The summed E-state index contributed by atoms with van der Waals surface area (Å²) in [6, 6.07) is 6.19. The molecule has 16 heavy (non-hydrogen) atoms. The number of hydrogen-bond donors (Lipinski definition) is 2. The first kappa shape index (κ1) is 13.4. The minimum Gasteiger partial charge on any atom is -0.387 e. The molecule has 1 saturated heterocycles. The molecule has 2 N–H and O–H groups in total. The molecule has 1 fully saturated rings. The minimum absolute atomic E-state index is 0. The molecule has 2 nitrogen and oxygen atoms in total. The van der Waals surface area contributed by atoms with Crippen molar-refractivity contribution in [3.8, 4) is 0 Å². The van der Waals surface area contributed by atoms with Crippen molar-refractivity contribution in [1.29, 1.82) is 0 Å². The summed E-state index contributed by atoms with van der Waals surface area (Å²) in [5.41, 5.74) is 0.738. The van der Waals surface area contributed by atoms with Crippen LogP contribution in [0, 0.1) is 5.82 Å². The lowest BCUT2D eigenvalue weighted by molar-refractivity contribution is 0.0388. The predicted octanol–water partition coefficient (Wildman–Crippen LogP) is 2.42. The number of benzene rings is 1. The monoisotopic (exact) mass is 245 g/mol. The highest BCUT2D eigenvalue weighted by atomic mass is 35.5. The number of hydrogen-bond acceptors (Lipinski definition) is 2. The Kier molecular flexibility index (Phi) is 3.94. The largest absolute Gasteiger partial charge is 0.387 e. The van der Waals surface area contributed by atoms with Crippen LogP contribution in [0.15, 0.2) is 24.3 Å². The van der Waals surface area contributed by atoms with Crippen LogP contribution in [0.5, 0.6) is 0 Å². The van der Waals surface area contributed by atoms with Gasteiger partial charge in [0.15, 0.2) is 0 Å². The molecule has 4 heteroatoms. The zero-order chi connectivity index (χ0) is 11.1. The van der Waals surface area contributed by atoms with E-state index in [2.05, 4.69) is 19.2 Å². The maximum atomic E-state index is 12.9. The molecule has 0 unspecified atom stereocenters. The number of rotatable bonds is 2. The van der Waals surface area contributed by atoms with Gasteiger partial charge in [0.2, 0.25) is 0 Å². The van der Waals surface area contributed by atoms with Crippen LogP contribution in [-0.4, -0.2) is 16.7 Å². The number of halogens is 2. The lowest BCUT2D eigenvalue weighted by atomic mass is 9.80. The highest BCUT2D eigenvalue weighted by molar-refractivity contribution is 5.85. The molecule has 1 heterocycles. The second-order valence-corrected chi connectivity index (χ2v) is 4.84. The van der Waals surface area contributed by atoms with E-state index in [9.17, 15) is 9.50 Å². The number of nitrogens with one attached hydrogen (secondary N) is 1. The van der Waals surface area contributed by atoms with Crippen molar-refractivity contribution in [2.24, 2.45) is 0 Å². The standard InChI is InChI=1S/C12H16FNO.ClH/c1-12(2)7-10(14-12)11(15)8-4-3-5-9(13)6-8;/h3-6,10-11,14-15H,7H2,1-2H3;1H/t10-,11-;/m1./s1. The van der Waals surface area contributed by atoms with Gasteiger partial charge in [0.1, 0.15) is 5.82 Å². The first-order chi connectivity index (χ1) is 6.98. The summed E-state index contributed by atoms with van der Waals surface area (Å²) in [7, 11) is 0. The maximum Gasteiger partial charge on any atom is 0.123 e. The predicted molar refractivity (Wildman–Crippen MR) is 64.2 cm³/mol. The van der Waals surface area contributed by atoms with Gasteiger partial charge >= 0.3 is 0 Å². The van der Waals surface area contributed by atoms with Gasteiger partial charge in [0.25, 0.3) is 0 Å². The molecule has 0 bridgehead atoms. The smallest absolute Gasteiger partial charge is 0.123 e. The van der Waals surface area contributed by atoms with Crippen molar-refractivity contribution >= 4 is 12.4 Å². The highest BCUT2D eigenvalue weighted by Crippen LogP contribution is 2.32. The van der Waals surface area contributed by atoms with Crippen LogP contribution in [0.3, 0.4) is 0 Å². The van der Waals surface area contributed by atoms with Crippen LogP contribution < -0.4 is 5.32 Å². The van der Waals surface area contributed by atoms with E-state index in [1.807, 2.05) is 0 Å². The normalized spacial score (nSPS) is 24.1. The average Bonchev–Trinajstić information content (AvgIpc) is 2.13. The summed E-state index contributed by atoms with van der Waals surface area (Å²) >= 11 is 0. The van der Waals surface area contributed by atoms with Gasteiger partial charge in [-0.05, 0) is 38.0 Å². The van der Waals surface area contributed by atoms with Crippen molar-refractivity contribution in [3.05, 3.63) is 35.6 Å². The van der Waals surface area contributed by atoms with Gasteiger partial charge in [0.05, 0.1) is 6.10 Å². The molecule has 1 aliphatic heterocycles. The third-order valence-electron chi connectivity index (χ3n) is 2.88. The molecule has 0 amide bonds. The van der Waals surface area contributed by atoms with Gasteiger partial charge in [-0.1, -0.05) is 12.1 Å². The van der Waals surface area contributed by atoms with E-state index in [0.29, 0.717) is 5.56 Å². The Bertz CT molecular complexity index is 362. The van der Waals surface area contributed by atoms with Crippen LogP contribution in [0.1, 0.15) is 31.9 Å². The molecule has 0 aromatic heterocycles. The Labute approximate surface area is 101 Å². The Balaban J connectivity index is 0.00000128. The molecule has 0 spiro atoms. The van der Waals surface area contributed by atoms with E-state index in [4.69, 9.17) is 0 Å². The molecular formula is C12H17ClFNO.